The second kappa shape index (κ2) is 7.38. The average molecular weight is 328 g/mol. The monoisotopic (exact) mass is 327 g/mol. The molecule has 0 aliphatic carbocycles. The van der Waals surface area contributed by atoms with Crippen molar-refractivity contribution in [1.82, 2.24) is 5.32 Å². The van der Waals surface area contributed by atoms with Crippen LogP contribution in [-0.4, -0.2) is 19.1 Å². The molecule has 0 aliphatic rings. The summed E-state index contributed by atoms with van der Waals surface area (Å²) in [7, 11) is 0. The fourth-order valence-electron chi connectivity index (χ4n) is 1.72. The molecule has 0 bridgehead atoms. The number of nitrogens with one attached hydrogen (secondary N) is 1. The van der Waals surface area contributed by atoms with Crippen molar-refractivity contribution in [2.24, 2.45) is 0 Å². The number of halogens is 2. The topological polar surface area (TPSA) is 51.5 Å². The summed E-state index contributed by atoms with van der Waals surface area (Å²) in [6.45, 7) is 2.50. The highest BCUT2D eigenvalue weighted by atomic mass is 35.5. The predicted molar refractivity (Wildman–Crippen MR) is 82.3 cm³/mol. The zero-order valence-electron chi connectivity index (χ0n) is 11.5. The Labute approximate surface area is 133 Å². The van der Waals surface area contributed by atoms with Gasteiger partial charge in [0, 0.05) is 10.6 Å². The van der Waals surface area contributed by atoms with Crippen LogP contribution in [0.25, 0.3) is 0 Å². The zero-order chi connectivity index (χ0) is 15.2. The van der Waals surface area contributed by atoms with Crippen LogP contribution < -0.4 is 10.1 Å². The van der Waals surface area contributed by atoms with Gasteiger partial charge in [-0.15, -0.1) is 11.6 Å². The maximum absolute atomic E-state index is 11.9. The molecule has 2 rings (SSSR count). The summed E-state index contributed by atoms with van der Waals surface area (Å²) >= 11 is 11.5. The fraction of sp³-hybridized carbons (Fsp3) is 0.267. The minimum Gasteiger partial charge on any atom is -0.492 e. The van der Waals surface area contributed by atoms with E-state index in [-0.39, 0.29) is 11.7 Å². The number of benzene rings is 1. The lowest BCUT2D eigenvalue weighted by molar-refractivity contribution is 0.0918. The van der Waals surface area contributed by atoms with E-state index < -0.39 is 0 Å². The maximum atomic E-state index is 11.9. The lowest BCUT2D eigenvalue weighted by Gasteiger charge is -2.06. The summed E-state index contributed by atoms with van der Waals surface area (Å²) in [5, 5.41) is 3.37. The molecule has 2 aromatic rings. The van der Waals surface area contributed by atoms with E-state index in [0.29, 0.717) is 35.6 Å². The standard InChI is InChI=1S/C15H15Cl2NO3/c1-10-11(9-16)8-14(21-10)15(19)18-6-7-20-13-4-2-12(17)3-5-13/h2-5,8H,6-7,9H2,1H3,(H,18,19). The van der Waals surface area contributed by atoms with E-state index in [1.54, 1.807) is 37.3 Å². The van der Waals surface area contributed by atoms with Crippen LogP contribution in [0, 0.1) is 6.92 Å². The third kappa shape index (κ3) is 4.41. The highest BCUT2D eigenvalue weighted by Crippen LogP contribution is 2.17. The summed E-state index contributed by atoms with van der Waals surface area (Å²) in [6.07, 6.45) is 0. The molecule has 0 saturated carbocycles. The number of ether oxygens (including phenoxy) is 1. The van der Waals surface area contributed by atoms with Gasteiger partial charge in [-0.05, 0) is 37.3 Å². The number of furan rings is 1. The van der Waals surface area contributed by atoms with Crippen LogP contribution in [0.2, 0.25) is 5.02 Å². The number of alkyl halides is 1. The van der Waals surface area contributed by atoms with Crippen LogP contribution in [0.1, 0.15) is 21.9 Å². The Balaban J connectivity index is 1.77. The molecule has 21 heavy (non-hydrogen) atoms. The molecule has 0 saturated heterocycles. The highest BCUT2D eigenvalue weighted by Gasteiger charge is 2.13. The fourth-order valence-corrected chi connectivity index (χ4v) is 2.11. The van der Waals surface area contributed by atoms with Gasteiger partial charge in [0.15, 0.2) is 5.76 Å². The van der Waals surface area contributed by atoms with E-state index in [1.807, 2.05) is 0 Å². The molecule has 0 radical (unpaired) electrons. The first-order valence-corrected chi connectivity index (χ1v) is 7.33. The Morgan fingerprint density at radius 3 is 2.67 bits per heavy atom. The van der Waals surface area contributed by atoms with Gasteiger partial charge in [-0.1, -0.05) is 11.6 Å². The van der Waals surface area contributed by atoms with E-state index in [4.69, 9.17) is 32.4 Å². The Morgan fingerprint density at radius 1 is 1.33 bits per heavy atom. The van der Waals surface area contributed by atoms with Crippen molar-refractivity contribution in [1.29, 1.82) is 0 Å². The number of amides is 1. The number of aryl methyl sites for hydroxylation is 1. The molecule has 1 aromatic carbocycles. The molecule has 112 valence electrons. The predicted octanol–water partition coefficient (Wildman–Crippen LogP) is 3.79. The average Bonchev–Trinajstić information content (AvgIpc) is 2.86. The largest absolute Gasteiger partial charge is 0.492 e. The van der Waals surface area contributed by atoms with Crippen molar-refractivity contribution in [2.45, 2.75) is 12.8 Å². The molecular weight excluding hydrogens is 313 g/mol. The first-order valence-electron chi connectivity index (χ1n) is 6.42. The lowest BCUT2D eigenvalue weighted by Crippen LogP contribution is -2.27. The molecule has 1 amide bonds. The van der Waals surface area contributed by atoms with Crippen LogP contribution in [-0.2, 0) is 5.88 Å². The van der Waals surface area contributed by atoms with Gasteiger partial charge in [-0.25, -0.2) is 0 Å². The Bertz CT molecular complexity index is 608. The number of rotatable bonds is 6. The number of hydrogen-bond donors (Lipinski definition) is 1. The summed E-state index contributed by atoms with van der Waals surface area (Å²) in [5.41, 5.74) is 0.819. The van der Waals surface area contributed by atoms with Crippen LogP contribution in [0.3, 0.4) is 0 Å². The molecule has 6 heteroatoms. The Hall–Kier alpha value is -1.65. The van der Waals surface area contributed by atoms with Gasteiger partial charge in [0.1, 0.15) is 18.1 Å². The molecule has 1 aromatic heterocycles. The van der Waals surface area contributed by atoms with Crippen LogP contribution >= 0.6 is 23.2 Å². The van der Waals surface area contributed by atoms with Crippen molar-refractivity contribution in [3.8, 4) is 5.75 Å². The quantitative estimate of drug-likeness (QED) is 0.648. The van der Waals surface area contributed by atoms with Crippen molar-refractivity contribution in [2.75, 3.05) is 13.2 Å². The third-order valence-corrected chi connectivity index (χ3v) is 3.40. The summed E-state index contributed by atoms with van der Waals surface area (Å²) in [5.74, 6) is 1.66. The summed E-state index contributed by atoms with van der Waals surface area (Å²) < 4.78 is 10.8. The van der Waals surface area contributed by atoms with Gasteiger partial charge >= 0.3 is 0 Å². The molecule has 0 atom stereocenters. The van der Waals surface area contributed by atoms with Crippen molar-refractivity contribution < 1.29 is 13.9 Å². The Morgan fingerprint density at radius 2 is 2.05 bits per heavy atom. The summed E-state index contributed by atoms with van der Waals surface area (Å²) in [6, 6.07) is 8.68. The lowest BCUT2D eigenvalue weighted by atomic mass is 10.3. The molecule has 0 spiro atoms. The molecule has 1 heterocycles. The molecule has 4 nitrogen and oxygen atoms in total. The first kappa shape index (κ1) is 15.7. The van der Waals surface area contributed by atoms with E-state index in [2.05, 4.69) is 5.32 Å². The second-order valence-electron chi connectivity index (χ2n) is 4.38. The SMILES string of the molecule is Cc1oc(C(=O)NCCOc2ccc(Cl)cc2)cc1CCl. The smallest absolute Gasteiger partial charge is 0.287 e. The summed E-state index contributed by atoms with van der Waals surface area (Å²) in [4.78, 5) is 11.9. The number of hydrogen-bond acceptors (Lipinski definition) is 3. The van der Waals surface area contributed by atoms with Crippen LogP contribution in [0.5, 0.6) is 5.75 Å². The van der Waals surface area contributed by atoms with Crippen molar-refractivity contribution in [3.05, 3.63) is 52.4 Å². The maximum Gasteiger partial charge on any atom is 0.287 e. The number of carbonyl (C=O) groups is 1. The molecule has 0 fully saturated rings. The number of carbonyl (C=O) groups excluding carboxylic acids is 1. The van der Waals surface area contributed by atoms with E-state index in [0.717, 1.165) is 5.56 Å². The van der Waals surface area contributed by atoms with E-state index >= 15 is 0 Å². The van der Waals surface area contributed by atoms with Crippen molar-refractivity contribution >= 4 is 29.1 Å². The zero-order valence-corrected chi connectivity index (χ0v) is 13.0. The van der Waals surface area contributed by atoms with Gasteiger partial charge in [-0.3, -0.25) is 4.79 Å². The molecular formula is C15H15Cl2NO3. The third-order valence-electron chi connectivity index (χ3n) is 2.86. The van der Waals surface area contributed by atoms with Gasteiger partial charge in [0.25, 0.3) is 5.91 Å². The van der Waals surface area contributed by atoms with Crippen LogP contribution in [0.15, 0.2) is 34.7 Å². The minimum atomic E-state index is -0.283. The highest BCUT2D eigenvalue weighted by molar-refractivity contribution is 6.30. The van der Waals surface area contributed by atoms with Gasteiger partial charge < -0.3 is 14.5 Å². The van der Waals surface area contributed by atoms with Gasteiger partial charge in [-0.2, -0.15) is 0 Å². The van der Waals surface area contributed by atoms with Gasteiger partial charge in [0.05, 0.1) is 12.4 Å². The molecule has 1 N–H and O–H groups in total. The van der Waals surface area contributed by atoms with Crippen molar-refractivity contribution in [3.63, 3.8) is 0 Å². The normalized spacial score (nSPS) is 10.4. The minimum absolute atomic E-state index is 0.259. The molecule has 0 unspecified atom stereocenters. The van der Waals surface area contributed by atoms with Gasteiger partial charge in [0.2, 0.25) is 0 Å². The van der Waals surface area contributed by atoms with E-state index in [1.165, 1.54) is 0 Å². The Kier molecular flexibility index (Phi) is 5.53. The first-order chi connectivity index (χ1) is 10.1. The molecule has 0 aliphatic heterocycles. The van der Waals surface area contributed by atoms with Crippen LogP contribution in [0.4, 0.5) is 0 Å². The van der Waals surface area contributed by atoms with E-state index in [9.17, 15) is 4.79 Å². The second-order valence-corrected chi connectivity index (χ2v) is 5.09.